The van der Waals surface area contributed by atoms with E-state index in [1.807, 2.05) is 0 Å². The van der Waals surface area contributed by atoms with Gasteiger partial charge in [0, 0.05) is 5.41 Å². The summed E-state index contributed by atoms with van der Waals surface area (Å²) in [6, 6.07) is 0.0498. The first-order chi connectivity index (χ1) is 8.64. The van der Waals surface area contributed by atoms with Crippen LogP contribution in [-0.2, 0) is 0 Å². The molecule has 98 valence electrons. The van der Waals surface area contributed by atoms with Crippen LogP contribution in [0.1, 0.15) is 50.5 Å². The summed E-state index contributed by atoms with van der Waals surface area (Å²) in [5, 5.41) is 14.5. The Morgan fingerprint density at radius 2 is 1.72 bits per heavy atom. The summed E-state index contributed by atoms with van der Waals surface area (Å²) in [5.41, 5.74) is 5.45. The number of rotatable bonds is 2. The molecule has 4 fully saturated rings. The molecule has 1 aromatic rings. The summed E-state index contributed by atoms with van der Waals surface area (Å²) in [7, 11) is 0. The first-order valence-electron chi connectivity index (χ1n) is 6.92. The number of nitrogens with two attached hydrogens (primary N) is 1. The molecule has 1 aromatic heterocycles. The fraction of sp³-hybridized carbons (Fsp3) is 0.846. The van der Waals surface area contributed by atoms with Gasteiger partial charge in [-0.05, 0) is 56.3 Å². The minimum atomic E-state index is -0.605. The second-order valence-electron chi connectivity index (χ2n) is 6.67. The number of aromatic nitrogens is 2. The van der Waals surface area contributed by atoms with Crippen LogP contribution in [0.15, 0.2) is 4.52 Å². The molecular formula is C13H19N3O2. The second-order valence-corrected chi connectivity index (χ2v) is 6.67. The number of aliphatic hydroxyl groups is 1. The maximum absolute atomic E-state index is 10.7. The lowest BCUT2D eigenvalue weighted by Crippen LogP contribution is -2.49. The van der Waals surface area contributed by atoms with Crippen LogP contribution in [0.2, 0.25) is 0 Å². The minimum Gasteiger partial charge on any atom is -0.384 e. The molecule has 4 aliphatic carbocycles. The van der Waals surface area contributed by atoms with E-state index in [2.05, 4.69) is 10.1 Å². The third-order valence-electron chi connectivity index (χ3n) is 5.37. The van der Waals surface area contributed by atoms with Crippen LogP contribution >= 0.6 is 0 Å². The topological polar surface area (TPSA) is 85.2 Å². The Kier molecular flexibility index (Phi) is 2.08. The zero-order valence-electron chi connectivity index (χ0n) is 10.4. The standard InChI is InChI=1S/C13H19N3O2/c14-12-15-11(16-18-12)10(17)13-4-7-1-8(5-13)3-9(2-7)6-13/h7-10,17H,1-6H2,(H2,14,15,16). The number of nitrogens with zero attached hydrogens (tertiary/aromatic N) is 2. The highest BCUT2D eigenvalue weighted by Gasteiger charge is 2.55. The largest absolute Gasteiger partial charge is 0.384 e. The molecule has 0 saturated heterocycles. The molecule has 1 heterocycles. The normalized spacial score (nSPS) is 43.3. The molecule has 4 aliphatic rings. The van der Waals surface area contributed by atoms with Crippen molar-refractivity contribution in [3.05, 3.63) is 5.82 Å². The van der Waals surface area contributed by atoms with E-state index in [9.17, 15) is 5.11 Å². The van der Waals surface area contributed by atoms with Gasteiger partial charge in [0.25, 0.3) is 0 Å². The third kappa shape index (κ3) is 1.43. The molecule has 5 heteroatoms. The predicted octanol–water partition coefficient (Wildman–Crippen LogP) is 1.90. The molecule has 4 saturated carbocycles. The summed E-state index contributed by atoms with van der Waals surface area (Å²) in [5.74, 6) is 2.79. The lowest BCUT2D eigenvalue weighted by Gasteiger charge is -2.57. The fourth-order valence-electron chi connectivity index (χ4n) is 5.14. The quantitative estimate of drug-likeness (QED) is 0.836. The van der Waals surface area contributed by atoms with Crippen molar-refractivity contribution in [3.63, 3.8) is 0 Å². The van der Waals surface area contributed by atoms with Crippen molar-refractivity contribution in [3.8, 4) is 0 Å². The zero-order valence-corrected chi connectivity index (χ0v) is 10.4. The predicted molar refractivity (Wildman–Crippen MR) is 64.3 cm³/mol. The van der Waals surface area contributed by atoms with Crippen LogP contribution in [0.4, 0.5) is 6.01 Å². The summed E-state index contributed by atoms with van der Waals surface area (Å²) in [4.78, 5) is 4.02. The Labute approximate surface area is 106 Å². The van der Waals surface area contributed by atoms with Crippen molar-refractivity contribution in [1.29, 1.82) is 0 Å². The maximum Gasteiger partial charge on any atom is 0.318 e. The van der Waals surface area contributed by atoms with E-state index in [0.717, 1.165) is 37.0 Å². The van der Waals surface area contributed by atoms with Crippen molar-refractivity contribution < 1.29 is 9.63 Å². The molecule has 0 radical (unpaired) electrons. The van der Waals surface area contributed by atoms with Gasteiger partial charge in [-0.15, -0.1) is 0 Å². The number of hydrogen-bond donors (Lipinski definition) is 2. The van der Waals surface area contributed by atoms with Gasteiger partial charge in [-0.2, -0.15) is 4.98 Å². The van der Waals surface area contributed by atoms with Crippen LogP contribution < -0.4 is 5.73 Å². The minimum absolute atomic E-state index is 0.00887. The molecule has 5 nitrogen and oxygen atoms in total. The SMILES string of the molecule is Nc1nc(C(O)C23CC4CC(CC(C4)C2)C3)no1. The van der Waals surface area contributed by atoms with E-state index in [1.165, 1.54) is 19.3 Å². The van der Waals surface area contributed by atoms with Crippen LogP contribution in [0.25, 0.3) is 0 Å². The van der Waals surface area contributed by atoms with Crippen molar-refractivity contribution >= 4 is 6.01 Å². The molecule has 5 rings (SSSR count). The lowest BCUT2D eigenvalue weighted by atomic mass is 9.48. The number of hydrogen-bond acceptors (Lipinski definition) is 5. The Hall–Kier alpha value is -1.10. The average molecular weight is 249 g/mol. The summed E-state index contributed by atoms with van der Waals surface area (Å²) < 4.78 is 4.81. The van der Waals surface area contributed by atoms with Gasteiger partial charge in [0.15, 0.2) is 0 Å². The fourth-order valence-corrected chi connectivity index (χ4v) is 5.14. The average Bonchev–Trinajstić information content (AvgIpc) is 2.73. The van der Waals surface area contributed by atoms with E-state index >= 15 is 0 Å². The van der Waals surface area contributed by atoms with E-state index in [1.54, 1.807) is 0 Å². The number of anilines is 1. The van der Waals surface area contributed by atoms with Crippen LogP contribution in [0, 0.1) is 23.2 Å². The van der Waals surface area contributed by atoms with Gasteiger partial charge >= 0.3 is 6.01 Å². The van der Waals surface area contributed by atoms with Gasteiger partial charge in [-0.25, -0.2) is 0 Å². The van der Waals surface area contributed by atoms with Gasteiger partial charge in [0.2, 0.25) is 5.82 Å². The molecule has 0 aromatic carbocycles. The number of aliphatic hydroxyl groups excluding tert-OH is 1. The van der Waals surface area contributed by atoms with E-state index in [0.29, 0.717) is 5.82 Å². The third-order valence-corrected chi connectivity index (χ3v) is 5.37. The molecule has 18 heavy (non-hydrogen) atoms. The van der Waals surface area contributed by atoms with Crippen LogP contribution in [0.3, 0.4) is 0 Å². The van der Waals surface area contributed by atoms with Gasteiger partial charge < -0.3 is 15.4 Å². The van der Waals surface area contributed by atoms with Gasteiger partial charge in [-0.3, -0.25) is 0 Å². The lowest BCUT2D eigenvalue weighted by molar-refractivity contribution is -0.125. The van der Waals surface area contributed by atoms with E-state index < -0.39 is 6.10 Å². The molecule has 0 aliphatic heterocycles. The van der Waals surface area contributed by atoms with Crippen LogP contribution in [0.5, 0.6) is 0 Å². The monoisotopic (exact) mass is 249 g/mol. The second kappa shape index (κ2) is 3.47. The first-order valence-corrected chi connectivity index (χ1v) is 6.92. The van der Waals surface area contributed by atoms with Crippen molar-refractivity contribution in [2.24, 2.45) is 23.2 Å². The smallest absolute Gasteiger partial charge is 0.318 e. The highest BCUT2D eigenvalue weighted by Crippen LogP contribution is 2.63. The van der Waals surface area contributed by atoms with E-state index in [-0.39, 0.29) is 11.4 Å². The van der Waals surface area contributed by atoms with E-state index in [4.69, 9.17) is 10.3 Å². The zero-order chi connectivity index (χ0) is 12.3. The summed E-state index contributed by atoms with van der Waals surface area (Å²) in [6.45, 7) is 0. The number of nitrogen functional groups attached to an aromatic ring is 1. The van der Waals surface area contributed by atoms with Gasteiger partial charge in [0.05, 0.1) is 0 Å². The molecule has 0 spiro atoms. The highest BCUT2D eigenvalue weighted by atomic mass is 16.5. The molecule has 0 amide bonds. The molecule has 1 unspecified atom stereocenters. The Bertz CT molecular complexity index is 435. The summed E-state index contributed by atoms with van der Waals surface area (Å²) in [6.07, 6.45) is 6.84. The summed E-state index contributed by atoms with van der Waals surface area (Å²) >= 11 is 0. The van der Waals surface area contributed by atoms with Gasteiger partial charge in [-0.1, -0.05) is 5.16 Å². The van der Waals surface area contributed by atoms with Crippen molar-refractivity contribution in [2.45, 2.75) is 44.6 Å². The molecule has 4 bridgehead atoms. The molecule has 3 N–H and O–H groups in total. The van der Waals surface area contributed by atoms with Crippen molar-refractivity contribution in [2.75, 3.05) is 5.73 Å². The molecule has 1 atom stereocenters. The highest BCUT2D eigenvalue weighted by molar-refractivity contribution is 5.13. The first kappa shape index (κ1) is 10.8. The van der Waals surface area contributed by atoms with Gasteiger partial charge in [0.1, 0.15) is 6.10 Å². The Balaban J connectivity index is 1.67. The Morgan fingerprint density at radius 1 is 1.17 bits per heavy atom. The van der Waals surface area contributed by atoms with Crippen molar-refractivity contribution in [1.82, 2.24) is 10.1 Å². The maximum atomic E-state index is 10.7. The molecular weight excluding hydrogens is 230 g/mol. The van der Waals surface area contributed by atoms with Crippen LogP contribution in [-0.4, -0.2) is 15.2 Å². The Morgan fingerprint density at radius 3 is 2.17 bits per heavy atom.